The fourth-order valence-electron chi connectivity index (χ4n) is 2.93. The van der Waals surface area contributed by atoms with Crippen LogP contribution in [0.15, 0.2) is 72.1 Å². The Labute approximate surface area is 172 Å². The minimum Gasteiger partial charge on any atom is -0.497 e. The molecule has 0 aliphatic heterocycles. The van der Waals surface area contributed by atoms with Gasteiger partial charge in [-0.25, -0.2) is 9.97 Å². The van der Waals surface area contributed by atoms with E-state index in [0.29, 0.717) is 10.7 Å². The lowest BCUT2D eigenvalue weighted by molar-refractivity contribution is -0.115. The van der Waals surface area contributed by atoms with Gasteiger partial charge in [0.1, 0.15) is 22.4 Å². The van der Waals surface area contributed by atoms with Crippen LogP contribution in [0.25, 0.3) is 11.0 Å². The lowest BCUT2D eigenvalue weighted by atomic mass is 10.1. The smallest absolute Gasteiger partial charge is 0.242 e. The number of thioether (sulfide) groups is 1. The summed E-state index contributed by atoms with van der Waals surface area (Å²) < 4.78 is 6.86. The molecule has 0 radical (unpaired) electrons. The van der Waals surface area contributed by atoms with Crippen LogP contribution in [0.4, 0.5) is 5.69 Å². The second-order valence-corrected chi connectivity index (χ2v) is 7.40. The minimum absolute atomic E-state index is 0.137. The number of aryl methyl sites for hydroxylation is 1. The summed E-state index contributed by atoms with van der Waals surface area (Å²) in [5, 5.41) is 8.28. The first kappa shape index (κ1) is 18.9. The van der Waals surface area contributed by atoms with Crippen molar-refractivity contribution < 1.29 is 9.53 Å². The number of aromatic nitrogens is 4. The summed E-state index contributed by atoms with van der Waals surface area (Å²) in [7, 11) is 3.44. The summed E-state index contributed by atoms with van der Waals surface area (Å²) >= 11 is 1.38. The van der Waals surface area contributed by atoms with E-state index in [9.17, 15) is 4.79 Å². The summed E-state index contributed by atoms with van der Waals surface area (Å²) in [4.78, 5) is 21.9. The first-order valence-corrected chi connectivity index (χ1v) is 9.83. The maximum absolute atomic E-state index is 13.2. The van der Waals surface area contributed by atoms with Gasteiger partial charge in [0.2, 0.25) is 5.91 Å². The van der Waals surface area contributed by atoms with Crippen LogP contribution in [0.3, 0.4) is 0 Å². The lowest BCUT2D eigenvalue weighted by Gasteiger charge is -2.17. The Bertz CT molecular complexity index is 1130. The average molecular weight is 405 g/mol. The largest absolute Gasteiger partial charge is 0.497 e. The summed E-state index contributed by atoms with van der Waals surface area (Å²) in [6.45, 7) is 0. The summed E-state index contributed by atoms with van der Waals surface area (Å²) in [6, 6.07) is 16.9. The number of anilines is 1. The van der Waals surface area contributed by atoms with Crippen LogP contribution >= 0.6 is 11.8 Å². The Kier molecular flexibility index (Phi) is 5.44. The van der Waals surface area contributed by atoms with Crippen molar-refractivity contribution in [3.8, 4) is 5.75 Å². The Balaban J connectivity index is 1.65. The van der Waals surface area contributed by atoms with Crippen LogP contribution in [0.5, 0.6) is 5.75 Å². The van der Waals surface area contributed by atoms with Crippen molar-refractivity contribution in [2.75, 3.05) is 12.4 Å². The van der Waals surface area contributed by atoms with Crippen LogP contribution in [0.1, 0.15) is 10.8 Å². The molecule has 0 aliphatic rings. The molecule has 0 saturated carbocycles. The summed E-state index contributed by atoms with van der Waals surface area (Å²) in [6.07, 6.45) is 3.22. The number of carbonyl (C=O) groups is 1. The van der Waals surface area contributed by atoms with Crippen molar-refractivity contribution in [3.63, 3.8) is 0 Å². The Morgan fingerprint density at radius 3 is 2.59 bits per heavy atom. The quantitative estimate of drug-likeness (QED) is 0.388. The number of amides is 1. The summed E-state index contributed by atoms with van der Waals surface area (Å²) in [5.74, 6) is 0.596. The van der Waals surface area contributed by atoms with Crippen LogP contribution in [0, 0.1) is 0 Å². The highest BCUT2D eigenvalue weighted by Crippen LogP contribution is 2.38. The van der Waals surface area contributed by atoms with Crippen molar-refractivity contribution in [2.45, 2.75) is 10.3 Å². The molecule has 8 heteroatoms. The molecule has 0 aliphatic carbocycles. The SMILES string of the molecule is COc1ccc(NC(=O)C(Sc2ncnc3c2cnn3C)c2ccccc2)cc1. The third-order valence-electron chi connectivity index (χ3n) is 4.42. The number of nitrogens with one attached hydrogen (secondary N) is 1. The van der Waals surface area contributed by atoms with Gasteiger partial charge in [0.05, 0.1) is 18.7 Å². The molecule has 4 rings (SSSR count). The molecule has 7 nitrogen and oxygen atoms in total. The first-order chi connectivity index (χ1) is 14.2. The van der Waals surface area contributed by atoms with E-state index in [1.807, 2.05) is 61.6 Å². The predicted octanol–water partition coefficient (Wildman–Crippen LogP) is 3.84. The number of methoxy groups -OCH3 is 1. The van der Waals surface area contributed by atoms with Crippen LogP contribution in [0.2, 0.25) is 0 Å². The lowest BCUT2D eigenvalue weighted by Crippen LogP contribution is -2.19. The molecule has 0 saturated heterocycles. The number of fused-ring (bicyclic) bond motifs is 1. The fourth-order valence-corrected chi connectivity index (χ4v) is 3.99. The van der Waals surface area contributed by atoms with Crippen molar-refractivity contribution >= 4 is 34.4 Å². The van der Waals surface area contributed by atoms with E-state index in [1.165, 1.54) is 18.1 Å². The molecular formula is C21H19N5O2S. The number of ether oxygens (including phenoxy) is 1. The van der Waals surface area contributed by atoms with E-state index in [-0.39, 0.29) is 5.91 Å². The number of benzene rings is 2. The highest BCUT2D eigenvalue weighted by molar-refractivity contribution is 8.00. The maximum Gasteiger partial charge on any atom is 0.242 e. The highest BCUT2D eigenvalue weighted by atomic mass is 32.2. The average Bonchev–Trinajstić information content (AvgIpc) is 3.15. The number of hydrogen-bond acceptors (Lipinski definition) is 6. The molecule has 2 aromatic heterocycles. The molecule has 146 valence electrons. The molecule has 0 spiro atoms. The highest BCUT2D eigenvalue weighted by Gasteiger charge is 2.24. The van der Waals surface area contributed by atoms with Gasteiger partial charge in [0.25, 0.3) is 0 Å². The molecule has 0 bridgehead atoms. The third-order valence-corrected chi connectivity index (χ3v) is 5.69. The van der Waals surface area contributed by atoms with Crippen LogP contribution in [-0.4, -0.2) is 32.8 Å². The molecule has 2 aromatic carbocycles. The van der Waals surface area contributed by atoms with E-state index < -0.39 is 5.25 Å². The van der Waals surface area contributed by atoms with Crippen molar-refractivity contribution in [1.29, 1.82) is 0 Å². The topological polar surface area (TPSA) is 81.9 Å². The molecule has 29 heavy (non-hydrogen) atoms. The van der Waals surface area contributed by atoms with Gasteiger partial charge in [0.15, 0.2) is 5.65 Å². The normalized spacial score (nSPS) is 11.9. The Morgan fingerprint density at radius 2 is 1.86 bits per heavy atom. The molecule has 1 N–H and O–H groups in total. The van der Waals surface area contributed by atoms with Gasteiger partial charge in [-0.1, -0.05) is 42.1 Å². The van der Waals surface area contributed by atoms with Gasteiger partial charge in [-0.15, -0.1) is 0 Å². The second kappa shape index (κ2) is 8.32. The van der Waals surface area contributed by atoms with E-state index in [1.54, 1.807) is 18.0 Å². The third kappa shape index (κ3) is 4.07. The predicted molar refractivity (Wildman–Crippen MR) is 113 cm³/mol. The number of rotatable bonds is 6. The molecule has 1 amide bonds. The van der Waals surface area contributed by atoms with E-state index in [4.69, 9.17) is 4.74 Å². The van der Waals surface area contributed by atoms with Gasteiger partial charge in [-0.3, -0.25) is 9.48 Å². The summed E-state index contributed by atoms with van der Waals surface area (Å²) in [5.41, 5.74) is 2.32. The number of carbonyl (C=O) groups excluding carboxylic acids is 1. The van der Waals surface area contributed by atoms with Crippen molar-refractivity contribution in [1.82, 2.24) is 19.7 Å². The van der Waals surface area contributed by atoms with Gasteiger partial charge >= 0.3 is 0 Å². The van der Waals surface area contributed by atoms with E-state index >= 15 is 0 Å². The fraction of sp³-hybridized carbons (Fsp3) is 0.143. The van der Waals surface area contributed by atoms with Crippen LogP contribution in [-0.2, 0) is 11.8 Å². The van der Waals surface area contributed by atoms with E-state index in [0.717, 1.165) is 22.3 Å². The molecule has 1 atom stereocenters. The molecule has 0 fully saturated rings. The minimum atomic E-state index is -0.489. The van der Waals surface area contributed by atoms with Crippen molar-refractivity contribution in [2.24, 2.45) is 7.05 Å². The van der Waals surface area contributed by atoms with Gasteiger partial charge in [-0.2, -0.15) is 5.10 Å². The van der Waals surface area contributed by atoms with Gasteiger partial charge in [-0.05, 0) is 29.8 Å². The maximum atomic E-state index is 13.2. The van der Waals surface area contributed by atoms with Gasteiger partial charge in [0, 0.05) is 12.7 Å². The zero-order chi connectivity index (χ0) is 20.2. The second-order valence-electron chi connectivity index (χ2n) is 6.31. The first-order valence-electron chi connectivity index (χ1n) is 8.95. The monoisotopic (exact) mass is 405 g/mol. The standard InChI is InChI=1S/C21H19N5O2S/c1-26-19-17(12-24-26)21(23-13-22-19)29-18(14-6-4-3-5-7-14)20(27)25-15-8-10-16(28-2)11-9-15/h3-13,18H,1-2H3,(H,25,27). The number of nitrogens with zero attached hydrogens (tertiary/aromatic N) is 4. The molecule has 1 unspecified atom stereocenters. The van der Waals surface area contributed by atoms with E-state index in [2.05, 4.69) is 20.4 Å². The number of hydrogen-bond donors (Lipinski definition) is 1. The Hall–Kier alpha value is -3.39. The molecular weight excluding hydrogens is 386 g/mol. The zero-order valence-corrected chi connectivity index (χ0v) is 16.8. The molecule has 2 heterocycles. The van der Waals surface area contributed by atoms with Gasteiger partial charge < -0.3 is 10.1 Å². The van der Waals surface area contributed by atoms with Crippen molar-refractivity contribution in [3.05, 3.63) is 72.7 Å². The van der Waals surface area contributed by atoms with Crippen LogP contribution < -0.4 is 10.1 Å². The Morgan fingerprint density at radius 1 is 1.10 bits per heavy atom. The molecule has 4 aromatic rings. The zero-order valence-electron chi connectivity index (χ0n) is 15.9.